The van der Waals surface area contributed by atoms with E-state index in [1.165, 1.54) is 0 Å². The van der Waals surface area contributed by atoms with Crippen LogP contribution in [0.1, 0.15) is 63.7 Å². The molecule has 0 aromatic heterocycles. The number of anilines is 2. The van der Waals surface area contributed by atoms with E-state index in [9.17, 15) is 9.59 Å². The summed E-state index contributed by atoms with van der Waals surface area (Å²) in [5.41, 5.74) is 2.09. The van der Waals surface area contributed by atoms with E-state index in [4.69, 9.17) is 0 Å². The molecule has 2 N–H and O–H groups in total. The fourth-order valence-electron chi connectivity index (χ4n) is 2.79. The first kappa shape index (κ1) is 22.0. The minimum atomic E-state index is -0.114. The zero-order chi connectivity index (χ0) is 19.7. The predicted octanol–water partition coefficient (Wildman–Crippen LogP) is 4.29. The van der Waals surface area contributed by atoms with Gasteiger partial charge >= 0.3 is 0 Å². The number of hydrogen-bond acceptors (Lipinski definition) is 3. The molecule has 1 rings (SSSR count). The minimum absolute atomic E-state index is 0.0155. The summed E-state index contributed by atoms with van der Waals surface area (Å²) in [4.78, 5) is 27.0. The van der Waals surface area contributed by atoms with Crippen molar-refractivity contribution in [1.29, 1.82) is 0 Å². The Balaban J connectivity index is 2.98. The molecule has 0 aliphatic rings. The number of hydrogen-bond donors (Lipinski definition) is 2. The number of nitrogens with zero attached hydrogens (tertiary/aromatic N) is 1. The van der Waals surface area contributed by atoms with Crippen LogP contribution in [0.25, 0.3) is 0 Å². The first-order valence-corrected chi connectivity index (χ1v) is 9.70. The lowest BCUT2D eigenvalue weighted by Gasteiger charge is -2.20. The number of unbranched alkanes of at least 4 members (excludes halogenated alkanes) is 1. The first-order chi connectivity index (χ1) is 12.3. The van der Waals surface area contributed by atoms with Gasteiger partial charge in [-0.3, -0.25) is 9.59 Å². The Hall–Kier alpha value is -2.04. The molecule has 146 valence electrons. The predicted molar refractivity (Wildman–Crippen MR) is 110 cm³/mol. The Morgan fingerprint density at radius 3 is 2.38 bits per heavy atom. The standard InChI is InChI=1S/C21H35N3O2/c1-7-9-10-16(8-2)20(25)23-17-11-12-19(24(5)6)18(13-17)21(26)22-14-15(3)4/h11-13,15-16H,7-10,14H2,1-6H3,(H,22,26)(H,23,25). The maximum atomic E-state index is 12.6. The summed E-state index contributed by atoms with van der Waals surface area (Å²) in [5.74, 6) is 0.318. The van der Waals surface area contributed by atoms with Crippen LogP contribution in [0.2, 0.25) is 0 Å². The summed E-state index contributed by atoms with van der Waals surface area (Å²) in [6, 6.07) is 5.52. The molecule has 0 aliphatic carbocycles. The minimum Gasteiger partial charge on any atom is -0.377 e. The Morgan fingerprint density at radius 2 is 1.85 bits per heavy atom. The van der Waals surface area contributed by atoms with Gasteiger partial charge in [0.1, 0.15) is 0 Å². The maximum Gasteiger partial charge on any atom is 0.253 e. The van der Waals surface area contributed by atoms with E-state index in [1.54, 1.807) is 6.07 Å². The van der Waals surface area contributed by atoms with Gasteiger partial charge < -0.3 is 15.5 Å². The second kappa shape index (κ2) is 10.8. The van der Waals surface area contributed by atoms with Crippen molar-refractivity contribution >= 4 is 23.2 Å². The first-order valence-electron chi connectivity index (χ1n) is 9.70. The summed E-state index contributed by atoms with van der Waals surface area (Å²) in [6.07, 6.45) is 3.86. The smallest absolute Gasteiger partial charge is 0.253 e. The Morgan fingerprint density at radius 1 is 1.15 bits per heavy atom. The van der Waals surface area contributed by atoms with Crippen molar-refractivity contribution in [2.45, 2.75) is 53.4 Å². The van der Waals surface area contributed by atoms with Crippen LogP contribution in [-0.4, -0.2) is 32.5 Å². The van der Waals surface area contributed by atoms with Gasteiger partial charge in [0.05, 0.1) is 5.56 Å². The number of amides is 2. The van der Waals surface area contributed by atoms with Gasteiger partial charge in [-0.15, -0.1) is 0 Å². The van der Waals surface area contributed by atoms with Crippen molar-refractivity contribution in [2.75, 3.05) is 30.9 Å². The molecule has 1 atom stereocenters. The lowest BCUT2D eigenvalue weighted by atomic mass is 9.98. The van der Waals surface area contributed by atoms with E-state index in [0.29, 0.717) is 23.7 Å². The average Bonchev–Trinajstić information content (AvgIpc) is 2.59. The van der Waals surface area contributed by atoms with Gasteiger partial charge in [0, 0.05) is 37.9 Å². The van der Waals surface area contributed by atoms with Crippen molar-refractivity contribution in [3.05, 3.63) is 23.8 Å². The summed E-state index contributed by atoms with van der Waals surface area (Å²) >= 11 is 0. The molecule has 0 radical (unpaired) electrons. The molecule has 5 nitrogen and oxygen atoms in total. The molecule has 26 heavy (non-hydrogen) atoms. The second-order valence-electron chi connectivity index (χ2n) is 7.47. The van der Waals surface area contributed by atoms with E-state index in [1.807, 2.05) is 38.1 Å². The van der Waals surface area contributed by atoms with Gasteiger partial charge in [-0.1, -0.05) is 40.5 Å². The highest BCUT2D eigenvalue weighted by Crippen LogP contribution is 2.24. The SMILES string of the molecule is CCCCC(CC)C(=O)Nc1ccc(N(C)C)c(C(=O)NCC(C)C)c1. The van der Waals surface area contributed by atoms with Crippen LogP contribution in [0.15, 0.2) is 18.2 Å². The number of rotatable bonds is 10. The lowest BCUT2D eigenvalue weighted by molar-refractivity contribution is -0.120. The van der Waals surface area contributed by atoms with Crippen LogP contribution in [0.4, 0.5) is 11.4 Å². The molecule has 0 aliphatic heterocycles. The van der Waals surface area contributed by atoms with Crippen molar-refractivity contribution in [3.8, 4) is 0 Å². The second-order valence-corrected chi connectivity index (χ2v) is 7.47. The topological polar surface area (TPSA) is 61.4 Å². The monoisotopic (exact) mass is 361 g/mol. The van der Waals surface area contributed by atoms with Crippen molar-refractivity contribution in [2.24, 2.45) is 11.8 Å². The zero-order valence-corrected chi connectivity index (χ0v) is 17.2. The molecule has 0 saturated carbocycles. The molecule has 0 heterocycles. The van der Waals surface area contributed by atoms with Crippen LogP contribution in [0, 0.1) is 11.8 Å². The molecular weight excluding hydrogens is 326 g/mol. The van der Waals surface area contributed by atoms with Gasteiger partial charge in [-0.2, -0.15) is 0 Å². The van der Waals surface area contributed by atoms with Crippen LogP contribution in [0.5, 0.6) is 0 Å². The van der Waals surface area contributed by atoms with Crippen LogP contribution >= 0.6 is 0 Å². The highest BCUT2D eigenvalue weighted by atomic mass is 16.2. The molecule has 0 fully saturated rings. The quantitative estimate of drug-likeness (QED) is 0.653. The molecule has 0 saturated heterocycles. The van der Waals surface area contributed by atoms with Crippen molar-refractivity contribution < 1.29 is 9.59 Å². The van der Waals surface area contributed by atoms with Crippen molar-refractivity contribution in [1.82, 2.24) is 5.32 Å². The lowest BCUT2D eigenvalue weighted by Crippen LogP contribution is -2.29. The normalized spacial score (nSPS) is 12.0. The Bertz CT molecular complexity index is 597. The van der Waals surface area contributed by atoms with Crippen LogP contribution in [0.3, 0.4) is 0 Å². The number of carbonyl (C=O) groups is 2. The van der Waals surface area contributed by atoms with Crippen molar-refractivity contribution in [3.63, 3.8) is 0 Å². The zero-order valence-electron chi connectivity index (χ0n) is 17.2. The molecular formula is C21H35N3O2. The molecule has 1 unspecified atom stereocenters. The molecule has 5 heteroatoms. The van der Waals surface area contributed by atoms with Crippen LogP contribution < -0.4 is 15.5 Å². The third kappa shape index (κ3) is 6.70. The summed E-state index contributed by atoms with van der Waals surface area (Å²) in [7, 11) is 3.81. The van der Waals surface area contributed by atoms with Gasteiger partial charge in [-0.05, 0) is 37.0 Å². The van der Waals surface area contributed by atoms with E-state index in [0.717, 1.165) is 31.4 Å². The maximum absolute atomic E-state index is 12.6. The van der Waals surface area contributed by atoms with E-state index in [-0.39, 0.29) is 17.7 Å². The third-order valence-electron chi connectivity index (χ3n) is 4.43. The Labute approximate surface area is 158 Å². The van der Waals surface area contributed by atoms with E-state index >= 15 is 0 Å². The molecule has 1 aromatic rings. The largest absolute Gasteiger partial charge is 0.377 e. The molecule has 0 bridgehead atoms. The number of carbonyl (C=O) groups excluding carboxylic acids is 2. The van der Waals surface area contributed by atoms with Gasteiger partial charge in [-0.25, -0.2) is 0 Å². The number of nitrogens with one attached hydrogen (secondary N) is 2. The summed E-state index contributed by atoms with van der Waals surface area (Å²) in [5, 5.41) is 5.95. The van der Waals surface area contributed by atoms with E-state index < -0.39 is 0 Å². The highest BCUT2D eigenvalue weighted by molar-refractivity contribution is 6.02. The van der Waals surface area contributed by atoms with Gasteiger partial charge in [0.15, 0.2) is 0 Å². The van der Waals surface area contributed by atoms with Gasteiger partial charge in [0.2, 0.25) is 5.91 Å². The molecule has 1 aromatic carbocycles. The fraction of sp³-hybridized carbons (Fsp3) is 0.619. The molecule has 2 amide bonds. The van der Waals surface area contributed by atoms with Crippen LogP contribution in [-0.2, 0) is 4.79 Å². The average molecular weight is 362 g/mol. The molecule has 0 spiro atoms. The highest BCUT2D eigenvalue weighted by Gasteiger charge is 2.18. The Kier molecular flexibility index (Phi) is 9.17. The van der Waals surface area contributed by atoms with E-state index in [2.05, 4.69) is 31.4 Å². The summed E-state index contributed by atoms with van der Waals surface area (Å²) in [6.45, 7) is 8.92. The third-order valence-corrected chi connectivity index (χ3v) is 4.43. The number of benzene rings is 1. The summed E-state index contributed by atoms with van der Waals surface area (Å²) < 4.78 is 0. The van der Waals surface area contributed by atoms with Gasteiger partial charge in [0.25, 0.3) is 5.91 Å². The fourth-order valence-corrected chi connectivity index (χ4v) is 2.79.